The lowest BCUT2D eigenvalue weighted by molar-refractivity contribution is -0.138. The number of aromatic carboxylic acids is 1. The van der Waals surface area contributed by atoms with E-state index in [1.807, 2.05) is 0 Å². The quantitative estimate of drug-likeness (QED) is 0.797. The van der Waals surface area contributed by atoms with E-state index < -0.39 is 29.0 Å². The molecule has 0 fully saturated rings. The summed E-state index contributed by atoms with van der Waals surface area (Å²) >= 11 is 1.17. The number of benzene rings is 1. The lowest BCUT2D eigenvalue weighted by atomic mass is 9.83. The number of carboxylic acids is 1. The molecule has 5 nitrogen and oxygen atoms in total. The van der Waals surface area contributed by atoms with Gasteiger partial charge >= 0.3 is 12.1 Å². The van der Waals surface area contributed by atoms with Gasteiger partial charge in [0.05, 0.1) is 16.0 Å². The minimum absolute atomic E-state index is 0.0550. The highest BCUT2D eigenvalue weighted by Gasteiger charge is 2.34. The number of aromatic nitrogens is 1. The van der Waals surface area contributed by atoms with Gasteiger partial charge in [-0.1, -0.05) is 18.2 Å². The summed E-state index contributed by atoms with van der Waals surface area (Å²) in [7, 11) is 0. The Morgan fingerprint density at radius 1 is 1.23 bits per heavy atom. The van der Waals surface area contributed by atoms with Crippen LogP contribution in [-0.2, 0) is 22.8 Å². The van der Waals surface area contributed by atoms with E-state index in [4.69, 9.17) is 5.11 Å². The van der Waals surface area contributed by atoms with E-state index in [-0.39, 0.29) is 17.8 Å². The molecule has 1 aromatic heterocycles. The van der Waals surface area contributed by atoms with Crippen molar-refractivity contribution >= 4 is 23.2 Å². The molecule has 9 heteroatoms. The smallest absolute Gasteiger partial charge is 0.416 e. The zero-order valence-corrected chi connectivity index (χ0v) is 14.9. The molecule has 0 spiro atoms. The average molecular weight is 386 g/mol. The molecule has 1 aromatic carbocycles. The molecule has 0 aliphatic carbocycles. The fourth-order valence-electron chi connectivity index (χ4n) is 2.24. The van der Waals surface area contributed by atoms with Crippen LogP contribution in [-0.4, -0.2) is 28.5 Å². The van der Waals surface area contributed by atoms with E-state index in [0.717, 1.165) is 12.1 Å². The number of alkyl halides is 3. The summed E-state index contributed by atoms with van der Waals surface area (Å²) in [5.74, 6) is -1.55. The van der Waals surface area contributed by atoms with Gasteiger partial charge in [0.15, 0.2) is 5.69 Å². The van der Waals surface area contributed by atoms with Crippen LogP contribution in [0.1, 0.15) is 40.5 Å². The van der Waals surface area contributed by atoms with Gasteiger partial charge in [-0.05, 0) is 25.5 Å². The maximum atomic E-state index is 12.9. The third-order valence-electron chi connectivity index (χ3n) is 3.87. The van der Waals surface area contributed by atoms with E-state index in [2.05, 4.69) is 10.3 Å². The van der Waals surface area contributed by atoms with E-state index in [9.17, 15) is 22.8 Å². The molecule has 1 heterocycles. The minimum atomic E-state index is -4.48. The second-order valence-corrected chi connectivity index (χ2v) is 7.08. The number of hydrogen-bond acceptors (Lipinski definition) is 4. The Kier molecular flexibility index (Phi) is 5.70. The van der Waals surface area contributed by atoms with E-state index in [1.54, 1.807) is 13.8 Å². The van der Waals surface area contributed by atoms with E-state index in [1.165, 1.54) is 28.8 Å². The summed E-state index contributed by atoms with van der Waals surface area (Å²) in [5, 5.41) is 13.4. The highest BCUT2D eigenvalue weighted by atomic mass is 32.1. The zero-order chi connectivity index (χ0) is 19.5. The third-order valence-corrected chi connectivity index (χ3v) is 4.78. The lowest BCUT2D eigenvalue weighted by Crippen LogP contribution is -2.41. The fraction of sp³-hybridized carbons (Fsp3) is 0.353. The molecule has 0 radical (unpaired) electrons. The first-order valence-electron chi connectivity index (χ1n) is 7.65. The van der Waals surface area contributed by atoms with Gasteiger partial charge in [0.2, 0.25) is 5.91 Å². The molecule has 0 atom stereocenters. The molecule has 140 valence electrons. The first-order chi connectivity index (χ1) is 12.0. The van der Waals surface area contributed by atoms with Gasteiger partial charge in [-0.25, -0.2) is 9.78 Å². The highest BCUT2D eigenvalue weighted by molar-refractivity contribution is 7.09. The number of halogens is 3. The van der Waals surface area contributed by atoms with Crippen LogP contribution >= 0.6 is 11.3 Å². The van der Waals surface area contributed by atoms with Crippen LogP contribution in [0, 0.1) is 0 Å². The molecule has 2 aromatic rings. The second kappa shape index (κ2) is 7.45. The Labute approximate surface area is 151 Å². The van der Waals surface area contributed by atoms with Gasteiger partial charge in [-0.2, -0.15) is 13.2 Å². The first-order valence-corrected chi connectivity index (χ1v) is 8.53. The summed E-state index contributed by atoms with van der Waals surface area (Å²) < 4.78 is 38.6. The topological polar surface area (TPSA) is 79.3 Å². The van der Waals surface area contributed by atoms with Crippen LogP contribution in [0.2, 0.25) is 0 Å². The van der Waals surface area contributed by atoms with Crippen molar-refractivity contribution in [3.63, 3.8) is 0 Å². The average Bonchev–Trinajstić information content (AvgIpc) is 3.03. The zero-order valence-electron chi connectivity index (χ0n) is 14.1. The molecule has 0 unspecified atom stereocenters. The maximum Gasteiger partial charge on any atom is 0.416 e. The predicted molar refractivity (Wildman–Crippen MR) is 90.3 cm³/mol. The van der Waals surface area contributed by atoms with Gasteiger partial charge in [-0.15, -0.1) is 11.3 Å². The molecular weight excluding hydrogens is 369 g/mol. The molecule has 0 aliphatic rings. The molecule has 0 saturated carbocycles. The van der Waals surface area contributed by atoms with Crippen molar-refractivity contribution < 1.29 is 27.9 Å². The molecule has 26 heavy (non-hydrogen) atoms. The van der Waals surface area contributed by atoms with E-state index in [0.29, 0.717) is 11.4 Å². The second-order valence-electron chi connectivity index (χ2n) is 6.14. The van der Waals surface area contributed by atoms with Crippen LogP contribution in [0.5, 0.6) is 0 Å². The molecule has 1 amide bonds. The Morgan fingerprint density at radius 2 is 1.88 bits per heavy atom. The van der Waals surface area contributed by atoms with Crippen LogP contribution in [0.15, 0.2) is 29.6 Å². The number of carbonyl (C=O) groups excluding carboxylic acids is 1. The Hall–Kier alpha value is -2.42. The molecule has 0 aliphatic heterocycles. The predicted octanol–water partition coefficient (Wildman–Crippen LogP) is 3.50. The standard InChI is InChI=1S/C17H17F3N2O3S/c1-16(2,10-4-3-5-11(8-10)17(18,19)20)15(25)21-7-6-13-22-12(9-26-13)14(23)24/h3-5,8-9H,6-7H2,1-2H3,(H,21,25)(H,23,24). The first kappa shape index (κ1) is 19.9. The number of nitrogens with zero attached hydrogens (tertiary/aromatic N) is 1. The van der Waals surface area contributed by atoms with Crippen molar-refractivity contribution in [3.05, 3.63) is 51.5 Å². The lowest BCUT2D eigenvalue weighted by Gasteiger charge is -2.25. The van der Waals surface area contributed by atoms with Gasteiger partial charge in [0.1, 0.15) is 0 Å². The van der Waals surface area contributed by atoms with Crippen molar-refractivity contribution in [2.24, 2.45) is 0 Å². The van der Waals surface area contributed by atoms with Gasteiger partial charge in [-0.3, -0.25) is 4.79 Å². The van der Waals surface area contributed by atoms with Crippen molar-refractivity contribution in [1.29, 1.82) is 0 Å². The largest absolute Gasteiger partial charge is 0.476 e. The minimum Gasteiger partial charge on any atom is -0.476 e. The summed E-state index contributed by atoms with van der Waals surface area (Å²) in [6, 6.07) is 4.69. The number of carboxylic acid groups (broad SMARTS) is 1. The Morgan fingerprint density at radius 3 is 2.46 bits per heavy atom. The Balaban J connectivity index is 2.02. The normalized spacial score (nSPS) is 12.0. The van der Waals surface area contributed by atoms with Crippen LogP contribution in [0.4, 0.5) is 13.2 Å². The van der Waals surface area contributed by atoms with Crippen LogP contribution in [0.3, 0.4) is 0 Å². The van der Waals surface area contributed by atoms with Crippen LogP contribution in [0.25, 0.3) is 0 Å². The Bertz CT molecular complexity index is 816. The molecule has 0 bridgehead atoms. The SMILES string of the molecule is CC(C)(C(=O)NCCc1nc(C(=O)O)cs1)c1cccc(C(F)(F)F)c1. The molecular formula is C17H17F3N2O3S. The monoisotopic (exact) mass is 386 g/mol. The third kappa shape index (κ3) is 4.60. The number of carbonyl (C=O) groups is 2. The van der Waals surface area contributed by atoms with E-state index >= 15 is 0 Å². The highest BCUT2D eigenvalue weighted by Crippen LogP contribution is 2.32. The summed E-state index contributed by atoms with van der Waals surface area (Å²) in [6.45, 7) is 3.29. The number of amides is 1. The van der Waals surface area contributed by atoms with Gasteiger partial charge in [0.25, 0.3) is 0 Å². The number of rotatable bonds is 6. The number of thiazole rings is 1. The van der Waals surface area contributed by atoms with Crippen molar-refractivity contribution in [1.82, 2.24) is 10.3 Å². The summed E-state index contributed by atoms with van der Waals surface area (Å²) in [6.07, 6.45) is -4.14. The number of hydrogen-bond donors (Lipinski definition) is 2. The van der Waals surface area contributed by atoms with Crippen LogP contribution < -0.4 is 5.32 Å². The fourth-order valence-corrected chi connectivity index (χ4v) is 3.02. The summed E-state index contributed by atoms with van der Waals surface area (Å²) in [4.78, 5) is 27.1. The van der Waals surface area contributed by atoms with Crippen molar-refractivity contribution in [3.8, 4) is 0 Å². The molecule has 0 saturated heterocycles. The van der Waals surface area contributed by atoms with Gasteiger partial charge < -0.3 is 10.4 Å². The van der Waals surface area contributed by atoms with Crippen molar-refractivity contribution in [2.75, 3.05) is 6.54 Å². The van der Waals surface area contributed by atoms with Crippen molar-refractivity contribution in [2.45, 2.75) is 31.9 Å². The maximum absolute atomic E-state index is 12.9. The summed E-state index contributed by atoms with van der Waals surface area (Å²) in [5.41, 5.74) is -1.76. The molecule has 2 N–H and O–H groups in total. The number of nitrogens with one attached hydrogen (secondary N) is 1. The van der Waals surface area contributed by atoms with Gasteiger partial charge in [0, 0.05) is 18.3 Å². The molecule has 2 rings (SSSR count).